The van der Waals surface area contributed by atoms with E-state index in [4.69, 9.17) is 10.5 Å². The summed E-state index contributed by atoms with van der Waals surface area (Å²) >= 11 is 0. The van der Waals surface area contributed by atoms with Gasteiger partial charge in [0.15, 0.2) is 6.61 Å². The first kappa shape index (κ1) is 16.3. The van der Waals surface area contributed by atoms with Crippen LogP contribution < -0.4 is 10.5 Å². The Labute approximate surface area is 129 Å². The predicted molar refractivity (Wildman–Crippen MR) is 81.4 cm³/mol. The topological polar surface area (TPSA) is 92.9 Å². The number of nitrogens with zero attached hydrogens (tertiary/aromatic N) is 1. The van der Waals surface area contributed by atoms with Crippen molar-refractivity contribution >= 4 is 11.8 Å². The fourth-order valence-corrected chi connectivity index (χ4v) is 2.46. The third kappa shape index (κ3) is 3.22. The largest absolute Gasteiger partial charge is 0.484 e. The molecule has 1 saturated heterocycles. The molecule has 1 aliphatic rings. The summed E-state index contributed by atoms with van der Waals surface area (Å²) < 4.78 is 5.15. The zero-order chi connectivity index (χ0) is 16.5. The highest BCUT2D eigenvalue weighted by atomic mass is 16.5. The molecule has 6 nitrogen and oxygen atoms in total. The quantitative estimate of drug-likeness (QED) is 0.860. The molecule has 1 aromatic carbocycles. The zero-order valence-corrected chi connectivity index (χ0v) is 13.1. The van der Waals surface area contributed by atoms with Crippen molar-refractivity contribution in [3.05, 3.63) is 29.8 Å². The third-order valence-electron chi connectivity index (χ3n) is 4.31. The van der Waals surface area contributed by atoms with Gasteiger partial charge in [0.25, 0.3) is 11.8 Å². The predicted octanol–water partition coefficient (Wildman–Crippen LogP) is 0.784. The van der Waals surface area contributed by atoms with Gasteiger partial charge in [-0.2, -0.15) is 0 Å². The molecule has 0 bridgehead atoms. The van der Waals surface area contributed by atoms with Crippen LogP contribution in [0, 0.1) is 5.41 Å². The molecule has 6 heteroatoms. The lowest BCUT2D eigenvalue weighted by molar-refractivity contribution is -0.119. The van der Waals surface area contributed by atoms with Crippen LogP contribution in [-0.2, 0) is 4.79 Å². The van der Waals surface area contributed by atoms with E-state index in [2.05, 4.69) is 0 Å². The molecule has 0 aromatic heterocycles. The number of amides is 2. The summed E-state index contributed by atoms with van der Waals surface area (Å²) in [5, 5.41) is 10.4. The molecule has 1 atom stereocenters. The second-order valence-corrected chi connectivity index (χ2v) is 6.60. The lowest BCUT2D eigenvalue weighted by Gasteiger charge is -2.30. The molecule has 120 valence electrons. The molecule has 0 unspecified atom stereocenters. The van der Waals surface area contributed by atoms with Gasteiger partial charge in [-0.05, 0) is 31.2 Å². The van der Waals surface area contributed by atoms with Gasteiger partial charge in [0, 0.05) is 17.5 Å². The lowest BCUT2D eigenvalue weighted by atomic mass is 9.79. The van der Waals surface area contributed by atoms with Gasteiger partial charge in [-0.1, -0.05) is 13.8 Å². The molecular weight excluding hydrogens is 284 g/mol. The van der Waals surface area contributed by atoms with E-state index in [1.54, 1.807) is 36.1 Å². The van der Waals surface area contributed by atoms with Crippen molar-refractivity contribution in [3.63, 3.8) is 0 Å². The maximum atomic E-state index is 12.5. The van der Waals surface area contributed by atoms with Gasteiger partial charge in [0.05, 0.1) is 12.1 Å². The van der Waals surface area contributed by atoms with Crippen LogP contribution in [0.4, 0.5) is 0 Å². The Morgan fingerprint density at radius 2 is 1.82 bits per heavy atom. The molecule has 22 heavy (non-hydrogen) atoms. The number of likely N-dealkylation sites (tertiary alicyclic amines) is 1. The smallest absolute Gasteiger partial charge is 0.255 e. The Balaban J connectivity index is 2.06. The normalized spacial score (nSPS) is 23.4. The van der Waals surface area contributed by atoms with E-state index >= 15 is 0 Å². The average molecular weight is 306 g/mol. The fraction of sp³-hybridized carbons (Fsp3) is 0.500. The number of hydrogen-bond acceptors (Lipinski definition) is 4. The van der Waals surface area contributed by atoms with Crippen LogP contribution in [0.5, 0.6) is 5.75 Å². The van der Waals surface area contributed by atoms with E-state index in [-0.39, 0.29) is 17.9 Å². The summed E-state index contributed by atoms with van der Waals surface area (Å²) in [7, 11) is 0. The lowest BCUT2D eigenvalue weighted by Crippen LogP contribution is -2.40. The maximum absolute atomic E-state index is 12.5. The van der Waals surface area contributed by atoms with Gasteiger partial charge in [0.2, 0.25) is 0 Å². The molecule has 0 spiro atoms. The van der Waals surface area contributed by atoms with Gasteiger partial charge in [-0.3, -0.25) is 9.59 Å². The molecule has 1 heterocycles. The van der Waals surface area contributed by atoms with Crippen molar-refractivity contribution in [1.82, 2.24) is 4.90 Å². The molecule has 2 rings (SSSR count). The number of carbonyl (C=O) groups excluding carboxylic acids is 2. The van der Waals surface area contributed by atoms with Crippen LogP contribution in [0.2, 0.25) is 0 Å². The number of ether oxygens (including phenoxy) is 1. The van der Waals surface area contributed by atoms with Crippen molar-refractivity contribution in [2.75, 3.05) is 19.7 Å². The van der Waals surface area contributed by atoms with E-state index in [0.717, 1.165) is 0 Å². The Kier molecular flexibility index (Phi) is 4.15. The van der Waals surface area contributed by atoms with Gasteiger partial charge in [0.1, 0.15) is 5.75 Å². The number of hydrogen-bond donors (Lipinski definition) is 2. The summed E-state index contributed by atoms with van der Waals surface area (Å²) in [4.78, 5) is 24.8. The van der Waals surface area contributed by atoms with Gasteiger partial charge in [-0.15, -0.1) is 0 Å². The number of carbonyl (C=O) groups is 2. The highest BCUT2D eigenvalue weighted by Crippen LogP contribution is 2.38. The van der Waals surface area contributed by atoms with Crippen LogP contribution in [0.3, 0.4) is 0 Å². The Morgan fingerprint density at radius 1 is 1.23 bits per heavy atom. The van der Waals surface area contributed by atoms with E-state index in [1.807, 2.05) is 13.8 Å². The number of β-amino-alcohol motifs (C(OH)–C–C–N with tert-alkyl or cyclic N) is 1. The first-order valence-corrected chi connectivity index (χ1v) is 7.15. The van der Waals surface area contributed by atoms with Crippen LogP contribution in [-0.4, -0.2) is 47.1 Å². The van der Waals surface area contributed by atoms with Crippen molar-refractivity contribution in [2.45, 2.75) is 26.4 Å². The molecule has 1 fully saturated rings. The molecule has 1 aliphatic heterocycles. The minimum atomic E-state index is -0.910. The van der Waals surface area contributed by atoms with Crippen LogP contribution in [0.25, 0.3) is 0 Å². The van der Waals surface area contributed by atoms with Crippen LogP contribution in [0.15, 0.2) is 24.3 Å². The Bertz CT molecular complexity index is 562. The van der Waals surface area contributed by atoms with Crippen LogP contribution in [0.1, 0.15) is 31.1 Å². The number of rotatable bonds is 4. The van der Waals surface area contributed by atoms with Gasteiger partial charge < -0.3 is 20.5 Å². The van der Waals surface area contributed by atoms with Crippen molar-refractivity contribution in [3.8, 4) is 5.75 Å². The molecule has 2 amide bonds. The Hall–Kier alpha value is -2.08. The summed E-state index contributed by atoms with van der Waals surface area (Å²) in [5.41, 5.74) is 4.25. The van der Waals surface area contributed by atoms with E-state index < -0.39 is 11.5 Å². The molecule has 1 aromatic rings. The SMILES string of the molecule is CC1(C)CN(C(=O)c2ccc(OCC(N)=O)cc2)C[C@]1(C)O. The molecule has 0 saturated carbocycles. The minimum absolute atomic E-state index is 0.132. The second kappa shape index (κ2) is 5.61. The van der Waals surface area contributed by atoms with Gasteiger partial charge in [-0.25, -0.2) is 0 Å². The number of nitrogens with two attached hydrogens (primary N) is 1. The summed E-state index contributed by atoms with van der Waals surface area (Å²) in [6.45, 7) is 6.25. The second-order valence-electron chi connectivity index (χ2n) is 6.60. The van der Waals surface area contributed by atoms with E-state index in [9.17, 15) is 14.7 Å². The first-order valence-electron chi connectivity index (χ1n) is 7.15. The minimum Gasteiger partial charge on any atom is -0.484 e. The molecule has 3 N–H and O–H groups in total. The van der Waals surface area contributed by atoms with E-state index in [1.165, 1.54) is 0 Å². The molecular formula is C16H22N2O4. The fourth-order valence-electron chi connectivity index (χ4n) is 2.46. The molecule has 0 aliphatic carbocycles. The van der Waals surface area contributed by atoms with Crippen LogP contribution >= 0.6 is 0 Å². The zero-order valence-electron chi connectivity index (χ0n) is 13.1. The highest BCUT2D eigenvalue weighted by molar-refractivity contribution is 5.94. The summed E-state index contributed by atoms with van der Waals surface area (Å²) in [5.74, 6) is -0.210. The first-order chi connectivity index (χ1) is 10.1. The highest BCUT2D eigenvalue weighted by Gasteiger charge is 2.49. The summed E-state index contributed by atoms with van der Waals surface area (Å²) in [6.07, 6.45) is 0. The summed E-state index contributed by atoms with van der Waals surface area (Å²) in [6, 6.07) is 6.52. The van der Waals surface area contributed by atoms with Crippen molar-refractivity contribution < 1.29 is 19.4 Å². The van der Waals surface area contributed by atoms with E-state index in [0.29, 0.717) is 24.4 Å². The maximum Gasteiger partial charge on any atom is 0.255 e. The molecule has 0 radical (unpaired) electrons. The monoisotopic (exact) mass is 306 g/mol. The average Bonchev–Trinajstić information content (AvgIpc) is 2.65. The van der Waals surface area contributed by atoms with Crippen molar-refractivity contribution in [2.24, 2.45) is 11.1 Å². The third-order valence-corrected chi connectivity index (χ3v) is 4.31. The number of primary amides is 1. The number of aliphatic hydroxyl groups is 1. The number of benzene rings is 1. The van der Waals surface area contributed by atoms with Gasteiger partial charge >= 0.3 is 0 Å². The standard InChI is InChI=1S/C16H22N2O4/c1-15(2)9-18(10-16(15,3)21)14(20)11-4-6-12(7-5-11)22-8-13(17)19/h4-7,21H,8-10H2,1-3H3,(H2,17,19)/t16-/m0/s1. The van der Waals surface area contributed by atoms with Crippen molar-refractivity contribution in [1.29, 1.82) is 0 Å². The Morgan fingerprint density at radius 3 is 2.27 bits per heavy atom.